The predicted molar refractivity (Wildman–Crippen MR) is 94.4 cm³/mol. The van der Waals surface area contributed by atoms with Crippen molar-refractivity contribution in [2.45, 2.75) is 30.4 Å². The van der Waals surface area contributed by atoms with Gasteiger partial charge < -0.3 is 14.7 Å². The van der Waals surface area contributed by atoms with Gasteiger partial charge in [-0.25, -0.2) is 8.42 Å². The number of carbonyl (C=O) groups excluding carboxylic acids is 1. The first-order chi connectivity index (χ1) is 12.8. The Bertz CT molecular complexity index is 905. The van der Waals surface area contributed by atoms with E-state index < -0.39 is 20.5 Å². The molecule has 1 saturated heterocycles. The summed E-state index contributed by atoms with van der Waals surface area (Å²) in [4.78, 5) is 13.9. The highest BCUT2D eigenvalue weighted by atomic mass is 32.2. The Morgan fingerprint density at radius 2 is 1.89 bits per heavy atom. The maximum absolute atomic E-state index is 12.6. The Morgan fingerprint density at radius 3 is 2.41 bits per heavy atom. The number of halogens is 2. The van der Waals surface area contributed by atoms with Crippen LogP contribution in [0.1, 0.15) is 18.6 Å². The molecule has 2 heterocycles. The maximum atomic E-state index is 12.6. The highest BCUT2D eigenvalue weighted by Gasteiger charge is 2.28. The minimum absolute atomic E-state index is 0.124. The van der Waals surface area contributed by atoms with Gasteiger partial charge in [-0.05, 0) is 44.0 Å². The molecule has 0 unspecified atom stereocenters. The van der Waals surface area contributed by atoms with Gasteiger partial charge in [0, 0.05) is 30.8 Å². The van der Waals surface area contributed by atoms with E-state index in [-0.39, 0.29) is 11.8 Å². The topological polar surface area (TPSA) is 92.5 Å². The molecule has 7 nitrogen and oxygen atoms in total. The van der Waals surface area contributed by atoms with Crippen LogP contribution in [0.25, 0.3) is 0 Å². The van der Waals surface area contributed by atoms with Crippen LogP contribution in [0.5, 0.6) is 0 Å². The van der Waals surface area contributed by atoms with Crippen molar-refractivity contribution in [2.75, 3.05) is 23.3 Å². The normalized spacial score (nSPS) is 15.9. The summed E-state index contributed by atoms with van der Waals surface area (Å²) >= 11 is 0. The summed E-state index contributed by atoms with van der Waals surface area (Å²) in [6.45, 7) is 2.92. The number of aromatic nitrogens is 1. The summed E-state index contributed by atoms with van der Waals surface area (Å²) in [6.07, 6.45) is 1.22. The molecule has 1 aromatic heterocycles. The average molecular weight is 399 g/mol. The first-order valence-corrected chi connectivity index (χ1v) is 9.93. The average Bonchev–Trinajstić information content (AvgIpc) is 3.06. The Hall–Kier alpha value is -2.49. The van der Waals surface area contributed by atoms with Crippen molar-refractivity contribution in [3.05, 3.63) is 36.1 Å². The molecule has 1 aromatic carbocycles. The third-order valence-electron chi connectivity index (χ3n) is 4.51. The van der Waals surface area contributed by atoms with E-state index in [4.69, 9.17) is 4.52 Å². The Kier molecular flexibility index (Phi) is 5.45. The highest BCUT2D eigenvalue weighted by molar-refractivity contribution is 7.91. The van der Waals surface area contributed by atoms with Crippen molar-refractivity contribution < 1.29 is 26.5 Å². The van der Waals surface area contributed by atoms with Crippen LogP contribution >= 0.6 is 0 Å². The van der Waals surface area contributed by atoms with E-state index in [0.29, 0.717) is 37.5 Å². The van der Waals surface area contributed by atoms with Crippen LogP contribution in [0, 0.1) is 12.8 Å². The smallest absolute Gasteiger partial charge is 0.341 e. The number of aryl methyl sites for hydroxylation is 1. The number of amides is 1. The third kappa shape index (κ3) is 4.26. The quantitative estimate of drug-likeness (QED) is 0.831. The molecule has 1 aliphatic heterocycles. The molecule has 10 heteroatoms. The first-order valence-electron chi connectivity index (χ1n) is 8.38. The molecule has 0 aliphatic carbocycles. The monoisotopic (exact) mass is 399 g/mol. The van der Waals surface area contributed by atoms with E-state index in [1.165, 1.54) is 24.3 Å². The number of hydrogen-bond acceptors (Lipinski definition) is 6. The summed E-state index contributed by atoms with van der Waals surface area (Å²) in [6, 6.07) is 7.02. The van der Waals surface area contributed by atoms with Crippen molar-refractivity contribution in [1.29, 1.82) is 0 Å². The van der Waals surface area contributed by atoms with E-state index in [9.17, 15) is 22.0 Å². The summed E-state index contributed by atoms with van der Waals surface area (Å²) in [5, 5.41) is 6.46. The van der Waals surface area contributed by atoms with Crippen molar-refractivity contribution >= 4 is 27.2 Å². The molecule has 1 amide bonds. The van der Waals surface area contributed by atoms with Gasteiger partial charge in [-0.15, -0.1) is 0 Å². The molecule has 146 valence electrons. The summed E-state index contributed by atoms with van der Waals surface area (Å²) in [7, 11) is -4.59. The minimum atomic E-state index is -4.59. The number of carbonyl (C=O) groups is 1. The second kappa shape index (κ2) is 7.63. The number of benzene rings is 1. The fourth-order valence-electron chi connectivity index (χ4n) is 3.00. The summed E-state index contributed by atoms with van der Waals surface area (Å²) in [5.74, 6) is -2.74. The molecular weight excluding hydrogens is 380 g/mol. The number of anilines is 2. The van der Waals surface area contributed by atoms with Crippen molar-refractivity contribution in [1.82, 2.24) is 5.16 Å². The molecule has 0 atom stereocenters. The number of nitrogens with one attached hydrogen (secondary N) is 1. The van der Waals surface area contributed by atoms with Gasteiger partial charge in [0.25, 0.3) is 0 Å². The number of nitrogens with zero attached hydrogens (tertiary/aromatic N) is 2. The van der Waals surface area contributed by atoms with E-state index in [0.717, 1.165) is 5.69 Å². The molecule has 0 spiro atoms. The fourth-order valence-corrected chi connectivity index (χ4v) is 3.72. The summed E-state index contributed by atoms with van der Waals surface area (Å²) < 4.78 is 53.0. The maximum Gasteiger partial charge on any atom is 0.341 e. The second-order valence-electron chi connectivity index (χ2n) is 6.37. The van der Waals surface area contributed by atoms with Crippen LogP contribution in [0.3, 0.4) is 0 Å². The van der Waals surface area contributed by atoms with E-state index in [2.05, 4.69) is 10.5 Å². The van der Waals surface area contributed by atoms with Crippen LogP contribution in [-0.2, 0) is 14.6 Å². The standard InChI is InChI=1S/C17H19F2N3O4S/c1-11-10-15(21-26-11)20-16(23)12-6-8-22(9-7-12)13-2-4-14(5-3-13)27(24,25)17(18)19/h2-5,10,12,17H,6-9H2,1H3,(H,20,21,23). The molecule has 0 radical (unpaired) electrons. The molecule has 2 aromatic rings. The number of rotatable bonds is 5. The molecule has 3 rings (SSSR count). The zero-order valence-electron chi connectivity index (χ0n) is 14.6. The lowest BCUT2D eigenvalue weighted by molar-refractivity contribution is -0.120. The van der Waals surface area contributed by atoms with Crippen LogP contribution in [0.2, 0.25) is 0 Å². The Morgan fingerprint density at radius 1 is 1.26 bits per heavy atom. The SMILES string of the molecule is Cc1cc(NC(=O)C2CCN(c3ccc(S(=O)(=O)C(F)F)cc3)CC2)no1. The largest absolute Gasteiger partial charge is 0.371 e. The third-order valence-corrected chi connectivity index (χ3v) is 5.91. The molecule has 27 heavy (non-hydrogen) atoms. The number of piperidine rings is 1. The van der Waals surface area contributed by atoms with E-state index >= 15 is 0 Å². The number of hydrogen-bond donors (Lipinski definition) is 1. The van der Waals surface area contributed by atoms with Crippen molar-refractivity contribution in [3.8, 4) is 0 Å². The van der Waals surface area contributed by atoms with Crippen LogP contribution in [-0.4, -0.2) is 38.3 Å². The van der Waals surface area contributed by atoms with Gasteiger partial charge >= 0.3 is 5.76 Å². The van der Waals surface area contributed by atoms with E-state index in [1.54, 1.807) is 13.0 Å². The first kappa shape index (κ1) is 19.3. The van der Waals surface area contributed by atoms with Crippen LogP contribution < -0.4 is 10.2 Å². The number of alkyl halides is 2. The van der Waals surface area contributed by atoms with E-state index in [1.807, 2.05) is 4.90 Å². The molecule has 1 fully saturated rings. The molecule has 0 saturated carbocycles. The predicted octanol–water partition coefficient (Wildman–Crippen LogP) is 2.83. The van der Waals surface area contributed by atoms with Gasteiger partial charge in [0.15, 0.2) is 5.82 Å². The van der Waals surface area contributed by atoms with Crippen molar-refractivity contribution in [2.24, 2.45) is 5.92 Å². The molecule has 0 bridgehead atoms. The zero-order chi connectivity index (χ0) is 19.6. The van der Waals surface area contributed by atoms with Gasteiger partial charge in [0.05, 0.1) is 4.90 Å². The van der Waals surface area contributed by atoms with Crippen LogP contribution in [0.4, 0.5) is 20.3 Å². The van der Waals surface area contributed by atoms with Crippen LogP contribution in [0.15, 0.2) is 39.8 Å². The Labute approximate surface area is 155 Å². The number of sulfone groups is 1. The Balaban J connectivity index is 1.58. The zero-order valence-corrected chi connectivity index (χ0v) is 15.4. The second-order valence-corrected chi connectivity index (χ2v) is 8.29. The lowest BCUT2D eigenvalue weighted by atomic mass is 9.95. The molecule has 1 aliphatic rings. The van der Waals surface area contributed by atoms with Gasteiger partial charge in [-0.1, -0.05) is 5.16 Å². The van der Waals surface area contributed by atoms with Crippen molar-refractivity contribution in [3.63, 3.8) is 0 Å². The molecule has 1 N–H and O–H groups in total. The fraction of sp³-hybridized carbons (Fsp3) is 0.412. The van der Waals surface area contributed by atoms with Gasteiger partial charge in [0.1, 0.15) is 5.76 Å². The lowest BCUT2D eigenvalue weighted by Gasteiger charge is -2.33. The van der Waals surface area contributed by atoms with Gasteiger partial charge in [-0.2, -0.15) is 8.78 Å². The van der Waals surface area contributed by atoms with Gasteiger partial charge in [0.2, 0.25) is 15.7 Å². The highest BCUT2D eigenvalue weighted by Crippen LogP contribution is 2.26. The molecular formula is C17H19F2N3O4S. The summed E-state index contributed by atoms with van der Waals surface area (Å²) in [5.41, 5.74) is 0.731. The lowest BCUT2D eigenvalue weighted by Crippen LogP contribution is -2.38. The minimum Gasteiger partial charge on any atom is -0.371 e. The van der Waals surface area contributed by atoms with Gasteiger partial charge in [-0.3, -0.25) is 4.79 Å².